The number of hydrogen-bond acceptors (Lipinski definition) is 5. The van der Waals surface area contributed by atoms with Gasteiger partial charge >= 0.3 is 5.97 Å². The number of hydrogen-bond donors (Lipinski definition) is 0. The highest BCUT2D eigenvalue weighted by molar-refractivity contribution is 7.99. The van der Waals surface area contributed by atoms with Crippen LogP contribution in [0.3, 0.4) is 0 Å². The van der Waals surface area contributed by atoms with Gasteiger partial charge in [0.15, 0.2) is 0 Å². The highest BCUT2D eigenvalue weighted by atomic mass is 32.2. The molecular formula is C29H28N2O3S. The Morgan fingerprint density at radius 1 is 1.00 bits per heavy atom. The van der Waals surface area contributed by atoms with Crippen molar-refractivity contribution in [1.29, 1.82) is 0 Å². The first-order valence-electron chi connectivity index (χ1n) is 11.7. The van der Waals surface area contributed by atoms with E-state index in [1.807, 2.05) is 43.3 Å². The number of ether oxygens (including phenoxy) is 1. The monoisotopic (exact) mass is 484 g/mol. The molecular weight excluding hydrogens is 456 g/mol. The molecule has 0 aliphatic carbocycles. The van der Waals surface area contributed by atoms with E-state index in [9.17, 15) is 9.59 Å². The van der Waals surface area contributed by atoms with Crippen LogP contribution in [0.15, 0.2) is 82.6 Å². The summed E-state index contributed by atoms with van der Waals surface area (Å²) in [5, 5.41) is 3.21. The fourth-order valence-corrected chi connectivity index (χ4v) is 6.28. The van der Waals surface area contributed by atoms with Crippen molar-refractivity contribution in [3.8, 4) is 11.1 Å². The van der Waals surface area contributed by atoms with Crippen molar-refractivity contribution in [2.75, 3.05) is 27.0 Å². The maximum atomic E-state index is 14.0. The number of carbonyl (C=O) groups is 1. The molecule has 0 fully saturated rings. The summed E-state index contributed by atoms with van der Waals surface area (Å²) in [6.07, 6.45) is 0.626. The van der Waals surface area contributed by atoms with Crippen molar-refractivity contribution < 1.29 is 9.53 Å². The van der Waals surface area contributed by atoms with Gasteiger partial charge in [-0.05, 0) is 48.0 Å². The molecule has 0 saturated carbocycles. The zero-order chi connectivity index (χ0) is 24.5. The normalized spacial score (nSPS) is 14.9. The summed E-state index contributed by atoms with van der Waals surface area (Å²) in [6, 6.07) is 24.3. The minimum Gasteiger partial charge on any atom is -0.467 e. The van der Waals surface area contributed by atoms with Crippen LogP contribution in [0.2, 0.25) is 0 Å². The second-order valence-corrected chi connectivity index (χ2v) is 10.1. The van der Waals surface area contributed by atoms with E-state index >= 15 is 0 Å². The molecule has 1 atom stereocenters. The van der Waals surface area contributed by atoms with Gasteiger partial charge in [0.25, 0.3) is 5.56 Å². The first kappa shape index (κ1) is 23.4. The Kier molecular flexibility index (Phi) is 6.50. The van der Waals surface area contributed by atoms with E-state index in [1.54, 1.807) is 16.3 Å². The second-order valence-electron chi connectivity index (χ2n) is 9.08. The summed E-state index contributed by atoms with van der Waals surface area (Å²) in [6.45, 7) is 0.484. The molecule has 35 heavy (non-hydrogen) atoms. The van der Waals surface area contributed by atoms with Crippen LogP contribution < -0.4 is 5.56 Å². The highest BCUT2D eigenvalue weighted by Crippen LogP contribution is 2.43. The summed E-state index contributed by atoms with van der Waals surface area (Å²) < 4.78 is 6.74. The summed E-state index contributed by atoms with van der Waals surface area (Å²) in [5.74, 6) is 0.107. The van der Waals surface area contributed by atoms with E-state index in [-0.39, 0.29) is 11.5 Å². The SMILES string of the molecule is COC(=O)[C@@H]1CSc2c(-c3ccccc3)c(Cc3cccc4ccccc34)c(CN(C)C)c(=O)n21. The van der Waals surface area contributed by atoms with Gasteiger partial charge in [-0.1, -0.05) is 72.8 Å². The number of pyridine rings is 1. The standard InChI is InChI=1S/C29H28N2O3S/c1-30(2)17-24-23(16-21-14-9-13-19-10-7-8-15-22(19)21)26(20-11-5-4-6-12-20)28-31(27(24)32)25(18-35-28)29(33)34-3/h4-15,25H,16-18H2,1-3H3/t25-/m0/s1. The third-order valence-corrected chi connectivity index (χ3v) is 7.68. The molecule has 5 nitrogen and oxygen atoms in total. The van der Waals surface area contributed by atoms with Crippen molar-refractivity contribution in [2.24, 2.45) is 0 Å². The van der Waals surface area contributed by atoms with Gasteiger partial charge < -0.3 is 9.64 Å². The lowest BCUT2D eigenvalue weighted by atomic mass is 9.90. The average molecular weight is 485 g/mol. The average Bonchev–Trinajstić information content (AvgIpc) is 3.31. The third kappa shape index (κ3) is 4.28. The predicted molar refractivity (Wildman–Crippen MR) is 142 cm³/mol. The predicted octanol–water partition coefficient (Wildman–Crippen LogP) is 5.14. The zero-order valence-corrected chi connectivity index (χ0v) is 21.0. The molecule has 5 rings (SSSR count). The number of methoxy groups -OCH3 is 1. The quantitative estimate of drug-likeness (QED) is 0.355. The fourth-order valence-electron chi connectivity index (χ4n) is 4.95. The van der Waals surface area contributed by atoms with Crippen LogP contribution in [0.1, 0.15) is 22.7 Å². The number of carbonyl (C=O) groups excluding carboxylic acids is 1. The summed E-state index contributed by atoms with van der Waals surface area (Å²) in [7, 11) is 5.31. The van der Waals surface area contributed by atoms with E-state index < -0.39 is 6.04 Å². The first-order chi connectivity index (χ1) is 17.0. The Morgan fingerprint density at radius 3 is 2.46 bits per heavy atom. The van der Waals surface area contributed by atoms with Gasteiger partial charge in [-0.15, -0.1) is 11.8 Å². The Bertz CT molecular complexity index is 1460. The molecule has 0 amide bonds. The summed E-state index contributed by atoms with van der Waals surface area (Å²) in [4.78, 5) is 28.6. The Labute approximate surface area is 209 Å². The van der Waals surface area contributed by atoms with Crippen LogP contribution in [0.4, 0.5) is 0 Å². The van der Waals surface area contributed by atoms with Gasteiger partial charge in [-0.25, -0.2) is 4.79 Å². The van der Waals surface area contributed by atoms with E-state index in [0.29, 0.717) is 18.7 Å². The molecule has 0 bridgehead atoms. The Morgan fingerprint density at radius 2 is 1.71 bits per heavy atom. The van der Waals surface area contributed by atoms with Crippen molar-refractivity contribution >= 4 is 28.5 Å². The molecule has 6 heteroatoms. The van der Waals surface area contributed by atoms with Gasteiger partial charge in [-0.3, -0.25) is 9.36 Å². The molecule has 1 aromatic heterocycles. The van der Waals surface area contributed by atoms with E-state index in [1.165, 1.54) is 23.4 Å². The molecule has 0 spiro atoms. The van der Waals surface area contributed by atoms with Crippen molar-refractivity contribution in [3.05, 3.63) is 99.8 Å². The lowest BCUT2D eigenvalue weighted by molar-refractivity contribution is -0.143. The number of nitrogens with zero attached hydrogens (tertiary/aromatic N) is 2. The number of esters is 1. The molecule has 2 heterocycles. The molecule has 0 saturated heterocycles. The topological polar surface area (TPSA) is 51.5 Å². The number of aromatic nitrogens is 1. The molecule has 178 valence electrons. The van der Waals surface area contributed by atoms with Crippen molar-refractivity contribution in [3.63, 3.8) is 0 Å². The number of fused-ring (bicyclic) bond motifs is 2. The molecule has 0 N–H and O–H groups in total. The van der Waals surface area contributed by atoms with Crippen LogP contribution in [0, 0.1) is 0 Å². The Hall–Kier alpha value is -3.35. The lowest BCUT2D eigenvalue weighted by Crippen LogP contribution is -2.34. The summed E-state index contributed by atoms with van der Waals surface area (Å²) >= 11 is 1.56. The number of thioether (sulfide) groups is 1. The van der Waals surface area contributed by atoms with Gasteiger partial charge in [-0.2, -0.15) is 0 Å². The van der Waals surface area contributed by atoms with Gasteiger partial charge in [0.1, 0.15) is 6.04 Å². The Balaban J connectivity index is 1.82. The minimum absolute atomic E-state index is 0.107. The first-order valence-corrected chi connectivity index (χ1v) is 12.7. The van der Waals surface area contributed by atoms with Crippen LogP contribution in [-0.4, -0.2) is 42.4 Å². The van der Waals surface area contributed by atoms with Crippen molar-refractivity contribution in [1.82, 2.24) is 9.47 Å². The van der Waals surface area contributed by atoms with E-state index in [0.717, 1.165) is 27.3 Å². The molecule has 0 unspecified atom stereocenters. The molecule has 1 aliphatic rings. The largest absolute Gasteiger partial charge is 0.467 e. The third-order valence-electron chi connectivity index (χ3n) is 6.52. The van der Waals surface area contributed by atoms with Gasteiger partial charge in [0.05, 0.1) is 12.1 Å². The number of benzene rings is 3. The minimum atomic E-state index is -0.623. The summed E-state index contributed by atoms with van der Waals surface area (Å²) in [5.41, 5.74) is 4.90. The molecule has 1 aliphatic heterocycles. The number of rotatable bonds is 6. The second kappa shape index (κ2) is 9.72. The van der Waals surface area contributed by atoms with Gasteiger partial charge in [0, 0.05) is 23.4 Å². The van der Waals surface area contributed by atoms with Crippen LogP contribution >= 0.6 is 11.8 Å². The van der Waals surface area contributed by atoms with Crippen LogP contribution in [0.5, 0.6) is 0 Å². The van der Waals surface area contributed by atoms with E-state index in [2.05, 4.69) is 48.5 Å². The van der Waals surface area contributed by atoms with E-state index in [4.69, 9.17) is 4.74 Å². The zero-order valence-electron chi connectivity index (χ0n) is 20.2. The smallest absolute Gasteiger partial charge is 0.329 e. The van der Waals surface area contributed by atoms with Crippen LogP contribution in [0.25, 0.3) is 21.9 Å². The lowest BCUT2D eigenvalue weighted by Gasteiger charge is -2.23. The van der Waals surface area contributed by atoms with Crippen molar-refractivity contribution in [2.45, 2.75) is 24.0 Å². The fraction of sp³-hybridized carbons (Fsp3) is 0.241. The van der Waals surface area contributed by atoms with Crippen LogP contribution in [-0.2, 0) is 22.5 Å². The van der Waals surface area contributed by atoms with Gasteiger partial charge in [0.2, 0.25) is 0 Å². The molecule has 4 aromatic rings. The highest BCUT2D eigenvalue weighted by Gasteiger charge is 2.36. The molecule has 3 aromatic carbocycles. The molecule has 0 radical (unpaired) electrons. The maximum Gasteiger partial charge on any atom is 0.329 e. The maximum absolute atomic E-state index is 14.0.